The second kappa shape index (κ2) is 11.1. The predicted molar refractivity (Wildman–Crippen MR) is 134 cm³/mol. The highest BCUT2D eigenvalue weighted by molar-refractivity contribution is 5.78. The maximum atomic E-state index is 11.1. The first kappa shape index (κ1) is 25.8. The summed E-state index contributed by atoms with van der Waals surface area (Å²) < 4.78 is 4.67. The van der Waals surface area contributed by atoms with E-state index < -0.39 is 18.2 Å². The Labute approximate surface area is 205 Å². The van der Waals surface area contributed by atoms with Crippen molar-refractivity contribution < 1.29 is 29.6 Å². The minimum absolute atomic E-state index is 0.118. The van der Waals surface area contributed by atoms with Crippen molar-refractivity contribution in [3.63, 3.8) is 0 Å². The fraction of sp³-hybridized carbons (Fsp3) is 0.286. The number of aromatic hydroxyl groups is 1. The van der Waals surface area contributed by atoms with Crippen molar-refractivity contribution in [3.8, 4) is 16.9 Å². The molecule has 0 saturated carbocycles. The Morgan fingerprint density at radius 3 is 2.23 bits per heavy atom. The molecule has 35 heavy (non-hydrogen) atoms. The molecule has 0 radical (unpaired) electrons. The van der Waals surface area contributed by atoms with E-state index in [-0.39, 0.29) is 17.9 Å². The number of hydrogen-bond acceptors (Lipinski definition) is 5. The van der Waals surface area contributed by atoms with E-state index >= 15 is 0 Å². The van der Waals surface area contributed by atoms with E-state index in [1.165, 1.54) is 22.3 Å². The number of ether oxygens (including phenoxy) is 1. The van der Waals surface area contributed by atoms with Crippen LogP contribution in [0.25, 0.3) is 11.1 Å². The lowest BCUT2D eigenvalue weighted by Crippen LogP contribution is -2.48. The van der Waals surface area contributed by atoms with Crippen molar-refractivity contribution in [1.29, 1.82) is 0 Å². The number of phenolic OH excluding ortho intramolecular Hbond substituents is 1. The van der Waals surface area contributed by atoms with Gasteiger partial charge >= 0.3 is 12.1 Å². The Morgan fingerprint density at radius 2 is 1.60 bits per heavy atom. The SMILES string of the molecule is CC(C)(C)NC(Cc1ccc(O)cc1)C(=O)O.O=C(O)OCc1cccc2c1Cc1ccccc1-2. The van der Waals surface area contributed by atoms with Gasteiger partial charge in [0.2, 0.25) is 0 Å². The molecule has 0 aromatic heterocycles. The first-order valence-corrected chi connectivity index (χ1v) is 11.4. The average molecular weight is 478 g/mol. The van der Waals surface area contributed by atoms with Crippen LogP contribution in [0.15, 0.2) is 66.7 Å². The number of carbonyl (C=O) groups is 2. The van der Waals surface area contributed by atoms with Crippen LogP contribution in [-0.4, -0.2) is 39.0 Å². The highest BCUT2D eigenvalue weighted by atomic mass is 16.7. The predicted octanol–water partition coefficient (Wildman–Crippen LogP) is 5.23. The third kappa shape index (κ3) is 7.32. The van der Waals surface area contributed by atoms with Gasteiger partial charge in [-0.3, -0.25) is 10.1 Å². The van der Waals surface area contributed by atoms with Crippen molar-refractivity contribution >= 4 is 12.1 Å². The van der Waals surface area contributed by atoms with Crippen molar-refractivity contribution in [2.45, 2.75) is 51.8 Å². The van der Waals surface area contributed by atoms with Gasteiger partial charge in [0, 0.05) is 5.54 Å². The van der Waals surface area contributed by atoms with Crippen molar-refractivity contribution in [2.75, 3.05) is 0 Å². The van der Waals surface area contributed by atoms with Crippen molar-refractivity contribution in [1.82, 2.24) is 5.32 Å². The van der Waals surface area contributed by atoms with Gasteiger partial charge in [0.25, 0.3) is 0 Å². The van der Waals surface area contributed by atoms with Crippen LogP contribution in [0.1, 0.15) is 43.0 Å². The molecule has 1 aliphatic carbocycles. The van der Waals surface area contributed by atoms with Crippen LogP contribution in [0.2, 0.25) is 0 Å². The summed E-state index contributed by atoms with van der Waals surface area (Å²) in [6.45, 7) is 5.91. The van der Waals surface area contributed by atoms with Gasteiger partial charge < -0.3 is 20.1 Å². The molecular formula is C28H31NO6. The zero-order valence-corrected chi connectivity index (χ0v) is 20.1. The number of aliphatic carboxylic acids is 1. The van der Waals surface area contributed by atoms with Crippen LogP contribution in [0.3, 0.4) is 0 Å². The molecule has 1 unspecified atom stereocenters. The van der Waals surface area contributed by atoms with Gasteiger partial charge in [0.15, 0.2) is 0 Å². The van der Waals surface area contributed by atoms with Crippen molar-refractivity contribution in [2.24, 2.45) is 0 Å². The van der Waals surface area contributed by atoms with Crippen molar-refractivity contribution in [3.05, 3.63) is 89.0 Å². The fourth-order valence-corrected chi connectivity index (χ4v) is 4.09. The smallest absolute Gasteiger partial charge is 0.506 e. The number of benzene rings is 3. The lowest BCUT2D eigenvalue weighted by atomic mass is 10.0. The summed E-state index contributed by atoms with van der Waals surface area (Å²) in [4.78, 5) is 21.6. The highest BCUT2D eigenvalue weighted by Crippen LogP contribution is 2.38. The molecule has 3 aromatic carbocycles. The minimum Gasteiger partial charge on any atom is -0.508 e. The number of carboxylic acid groups (broad SMARTS) is 2. The Balaban J connectivity index is 0.000000196. The summed E-state index contributed by atoms with van der Waals surface area (Å²) in [6, 6.07) is 20.2. The maximum Gasteiger partial charge on any atom is 0.506 e. The van der Waals surface area contributed by atoms with E-state index in [2.05, 4.69) is 28.3 Å². The molecule has 1 aliphatic rings. The zero-order chi connectivity index (χ0) is 25.6. The monoisotopic (exact) mass is 477 g/mol. The van der Waals surface area contributed by atoms with Gasteiger partial charge in [-0.15, -0.1) is 0 Å². The van der Waals surface area contributed by atoms with E-state index in [1.807, 2.05) is 45.0 Å². The molecule has 0 spiro atoms. The van der Waals surface area contributed by atoms with Gasteiger partial charge in [-0.2, -0.15) is 0 Å². The first-order chi connectivity index (χ1) is 16.5. The summed E-state index contributed by atoms with van der Waals surface area (Å²) in [6.07, 6.45) is 0.0143. The average Bonchev–Trinajstić information content (AvgIpc) is 3.17. The summed E-state index contributed by atoms with van der Waals surface area (Å²) in [7, 11) is 0. The van der Waals surface area contributed by atoms with Crippen LogP contribution in [-0.2, 0) is 29.0 Å². The molecule has 0 bridgehead atoms. The minimum atomic E-state index is -1.23. The van der Waals surface area contributed by atoms with Crippen LogP contribution < -0.4 is 5.32 Å². The van der Waals surface area contributed by atoms with E-state index in [0.29, 0.717) is 6.42 Å². The molecule has 0 saturated heterocycles. The summed E-state index contributed by atoms with van der Waals surface area (Å²) >= 11 is 0. The molecule has 184 valence electrons. The molecule has 0 heterocycles. The molecular weight excluding hydrogens is 446 g/mol. The molecule has 0 aliphatic heterocycles. The number of hydrogen-bond donors (Lipinski definition) is 4. The molecule has 0 fully saturated rings. The molecule has 0 amide bonds. The Hall–Kier alpha value is -3.84. The van der Waals surface area contributed by atoms with E-state index in [0.717, 1.165) is 17.5 Å². The number of nitrogens with one attached hydrogen (secondary N) is 1. The van der Waals surface area contributed by atoms with E-state index in [1.54, 1.807) is 24.3 Å². The lowest BCUT2D eigenvalue weighted by molar-refractivity contribution is -0.140. The number of carboxylic acids is 1. The summed E-state index contributed by atoms with van der Waals surface area (Å²) in [5.74, 6) is -0.683. The topological polar surface area (TPSA) is 116 Å². The molecule has 1 atom stereocenters. The molecule has 3 aromatic rings. The fourth-order valence-electron chi connectivity index (χ4n) is 4.09. The Morgan fingerprint density at radius 1 is 0.943 bits per heavy atom. The number of phenols is 1. The van der Waals surface area contributed by atoms with Gasteiger partial charge in [0.1, 0.15) is 18.4 Å². The van der Waals surface area contributed by atoms with E-state index in [9.17, 15) is 9.59 Å². The largest absolute Gasteiger partial charge is 0.508 e. The normalized spacial score (nSPS) is 12.5. The number of fused-ring (bicyclic) bond motifs is 3. The van der Waals surface area contributed by atoms with Gasteiger partial charge in [-0.1, -0.05) is 54.6 Å². The van der Waals surface area contributed by atoms with Crippen LogP contribution >= 0.6 is 0 Å². The third-order valence-corrected chi connectivity index (χ3v) is 5.58. The second-order valence-corrected chi connectivity index (χ2v) is 9.49. The molecule has 7 heteroatoms. The van der Waals surface area contributed by atoms with Crippen LogP contribution in [0, 0.1) is 0 Å². The van der Waals surface area contributed by atoms with Gasteiger partial charge in [0.05, 0.1) is 0 Å². The highest BCUT2D eigenvalue weighted by Gasteiger charge is 2.23. The number of rotatable bonds is 6. The van der Waals surface area contributed by atoms with Crippen LogP contribution in [0.4, 0.5) is 4.79 Å². The lowest BCUT2D eigenvalue weighted by Gasteiger charge is -2.26. The maximum absolute atomic E-state index is 11.1. The Kier molecular flexibility index (Phi) is 8.14. The molecule has 4 N–H and O–H groups in total. The first-order valence-electron chi connectivity index (χ1n) is 11.4. The second-order valence-electron chi connectivity index (χ2n) is 9.49. The quantitative estimate of drug-likeness (QED) is 0.281. The Bertz CT molecular complexity index is 1180. The van der Waals surface area contributed by atoms with Gasteiger partial charge in [-0.05, 0) is 79.1 Å². The van der Waals surface area contributed by atoms with Crippen LogP contribution in [0.5, 0.6) is 5.75 Å². The van der Waals surface area contributed by atoms with E-state index in [4.69, 9.17) is 15.3 Å². The zero-order valence-electron chi connectivity index (χ0n) is 20.1. The summed E-state index contributed by atoms with van der Waals surface area (Å²) in [5.41, 5.74) is 6.48. The third-order valence-electron chi connectivity index (χ3n) is 5.58. The van der Waals surface area contributed by atoms with Gasteiger partial charge in [-0.25, -0.2) is 4.79 Å². The molecule has 4 rings (SSSR count). The molecule has 7 nitrogen and oxygen atoms in total. The standard InChI is InChI=1S/C15H12O3.C13H19NO3/c16-15(17)18-9-11-5-3-7-13-12-6-2-1-4-10(12)8-14(11)13;1-13(2,3)14-11(12(16)17)8-9-4-6-10(15)7-5-9/h1-7H,8-9H2,(H,16,17);4-7,11,14-15H,8H2,1-3H3,(H,16,17). The summed E-state index contributed by atoms with van der Waals surface area (Å²) in [5, 5.41) is 29.9.